The Morgan fingerprint density at radius 2 is 1.75 bits per heavy atom. The fourth-order valence-corrected chi connectivity index (χ4v) is 6.93. The molecular weight excluding hydrogens is 720 g/mol. The van der Waals surface area contributed by atoms with Gasteiger partial charge >= 0.3 is 0 Å². The van der Waals surface area contributed by atoms with Crippen molar-refractivity contribution in [3.63, 3.8) is 0 Å². The summed E-state index contributed by atoms with van der Waals surface area (Å²) < 4.78 is 29.5. The van der Waals surface area contributed by atoms with Crippen LogP contribution in [0, 0.1) is 25.2 Å². The number of pyridine rings is 1. The van der Waals surface area contributed by atoms with Gasteiger partial charge in [-0.3, -0.25) is 9.88 Å². The molecule has 0 radical (unpaired) electrons. The van der Waals surface area contributed by atoms with Crippen molar-refractivity contribution in [2.75, 3.05) is 40.4 Å². The summed E-state index contributed by atoms with van der Waals surface area (Å²) in [6, 6.07) is 19.9. The summed E-state index contributed by atoms with van der Waals surface area (Å²) in [5, 5.41) is 23.6. The fourth-order valence-electron chi connectivity index (χ4n) is 6.69. The lowest BCUT2D eigenvalue weighted by molar-refractivity contribution is 0.173. The van der Waals surface area contributed by atoms with Crippen LogP contribution in [0.25, 0.3) is 11.1 Å². The number of benzene rings is 3. The minimum Gasteiger partial charge on any atom is -0.493 e. The molecule has 0 aliphatic carbocycles. The first-order valence-electron chi connectivity index (χ1n) is 18.3. The first kappa shape index (κ1) is 39.7. The Balaban J connectivity index is 1.16. The van der Waals surface area contributed by atoms with Crippen molar-refractivity contribution < 1.29 is 28.6 Å². The van der Waals surface area contributed by atoms with Crippen molar-refractivity contribution in [3.8, 4) is 34.4 Å². The SMILES string of the molecule is COCc1noc(CN(C)Cc2cc(Cl)c(OCc3cccc(-c4cccc(OCCCN5CCC(O)C5)c4C)c3C)cc2OCc2cncc(C#N)c2)n1. The number of aliphatic hydroxyl groups excluding tert-OH is 1. The second-order valence-corrected chi connectivity index (χ2v) is 14.2. The molecule has 0 amide bonds. The number of hydrogen-bond donors (Lipinski definition) is 1. The topological polar surface area (TPSA) is 139 Å². The molecule has 55 heavy (non-hydrogen) atoms. The highest BCUT2D eigenvalue weighted by atomic mass is 35.5. The highest BCUT2D eigenvalue weighted by Crippen LogP contribution is 2.37. The van der Waals surface area contributed by atoms with Crippen LogP contribution in [0.1, 0.15) is 57.9 Å². The van der Waals surface area contributed by atoms with Crippen LogP contribution < -0.4 is 14.2 Å². The standard InChI is InChI=1S/C42H47ClN6O6/c1-28-32(8-5-9-35(28)36-10-6-11-38(29(36)2)52-15-7-13-49-14-12-34(50)23-49)26-54-40-18-39(53-25-31-16-30(19-44)20-45-21-31)33(17-37(40)43)22-48(3)24-42-46-41(27-51-4)47-55-42/h5-6,8-11,16-18,20-21,34,50H,7,12-15,22-27H2,1-4H3. The van der Waals surface area contributed by atoms with E-state index in [9.17, 15) is 10.4 Å². The summed E-state index contributed by atoms with van der Waals surface area (Å²) in [6.45, 7) is 9.01. The summed E-state index contributed by atoms with van der Waals surface area (Å²) in [6.07, 6.45) is 4.73. The molecule has 5 aromatic rings. The number of aromatic nitrogens is 3. The molecule has 288 valence electrons. The number of ether oxygens (including phenoxy) is 4. The zero-order chi connectivity index (χ0) is 38.7. The van der Waals surface area contributed by atoms with E-state index in [2.05, 4.69) is 58.1 Å². The van der Waals surface area contributed by atoms with Crippen LogP contribution in [0.2, 0.25) is 5.02 Å². The van der Waals surface area contributed by atoms with Gasteiger partial charge in [-0.05, 0) is 79.8 Å². The molecule has 1 atom stereocenters. The predicted molar refractivity (Wildman–Crippen MR) is 208 cm³/mol. The Morgan fingerprint density at radius 1 is 0.945 bits per heavy atom. The molecule has 1 N–H and O–H groups in total. The molecule has 12 nitrogen and oxygen atoms in total. The molecule has 1 aliphatic heterocycles. The van der Waals surface area contributed by atoms with Crippen molar-refractivity contribution in [2.24, 2.45) is 0 Å². The molecular formula is C42H47ClN6O6. The third-order valence-electron chi connectivity index (χ3n) is 9.59. The highest BCUT2D eigenvalue weighted by Gasteiger charge is 2.20. The normalized spacial score (nSPS) is 14.3. The van der Waals surface area contributed by atoms with Crippen LogP contribution in [-0.4, -0.2) is 76.5 Å². The van der Waals surface area contributed by atoms with Gasteiger partial charge in [0.1, 0.15) is 43.1 Å². The van der Waals surface area contributed by atoms with Crippen molar-refractivity contribution in [3.05, 3.63) is 117 Å². The third kappa shape index (κ3) is 10.6. The number of hydrogen-bond acceptors (Lipinski definition) is 12. The van der Waals surface area contributed by atoms with Crippen molar-refractivity contribution in [1.82, 2.24) is 24.9 Å². The number of halogens is 1. The van der Waals surface area contributed by atoms with Gasteiger partial charge in [-0.15, -0.1) is 0 Å². The van der Waals surface area contributed by atoms with E-state index in [1.807, 2.05) is 42.3 Å². The molecule has 0 saturated carbocycles. The summed E-state index contributed by atoms with van der Waals surface area (Å²) in [4.78, 5) is 12.9. The molecule has 6 rings (SSSR count). The van der Waals surface area contributed by atoms with Gasteiger partial charge in [0.25, 0.3) is 0 Å². The van der Waals surface area contributed by atoms with E-state index in [4.69, 9.17) is 35.1 Å². The quantitative estimate of drug-likeness (QED) is 0.0915. The largest absolute Gasteiger partial charge is 0.493 e. The van der Waals surface area contributed by atoms with Gasteiger partial charge in [0.15, 0.2) is 5.82 Å². The summed E-state index contributed by atoms with van der Waals surface area (Å²) >= 11 is 6.88. The fraction of sp³-hybridized carbons (Fsp3) is 0.381. The maximum Gasteiger partial charge on any atom is 0.240 e. The van der Waals surface area contributed by atoms with Gasteiger partial charge < -0.3 is 33.5 Å². The molecule has 1 unspecified atom stereocenters. The van der Waals surface area contributed by atoms with Crippen LogP contribution in [0.15, 0.2) is 71.5 Å². The molecule has 13 heteroatoms. The number of aliphatic hydroxyl groups is 1. The summed E-state index contributed by atoms with van der Waals surface area (Å²) in [7, 11) is 3.51. The number of likely N-dealkylation sites (tertiary alicyclic amines) is 1. The number of nitriles is 1. The van der Waals surface area contributed by atoms with Crippen LogP contribution in [0.3, 0.4) is 0 Å². The van der Waals surface area contributed by atoms with Gasteiger partial charge in [0.05, 0.1) is 29.8 Å². The van der Waals surface area contributed by atoms with E-state index in [-0.39, 0.29) is 25.9 Å². The Labute approximate surface area is 327 Å². The second-order valence-electron chi connectivity index (χ2n) is 13.8. The molecule has 1 aliphatic rings. The Morgan fingerprint density at radius 3 is 2.53 bits per heavy atom. The average Bonchev–Trinajstić information content (AvgIpc) is 3.81. The Bertz CT molecular complexity index is 2100. The molecule has 2 aromatic heterocycles. The molecule has 1 saturated heterocycles. The van der Waals surface area contributed by atoms with E-state index < -0.39 is 0 Å². The maximum absolute atomic E-state index is 9.81. The first-order chi connectivity index (χ1) is 26.7. The smallest absolute Gasteiger partial charge is 0.240 e. The van der Waals surface area contributed by atoms with E-state index in [1.54, 1.807) is 19.4 Å². The van der Waals surface area contributed by atoms with Gasteiger partial charge in [0, 0.05) is 62.9 Å². The van der Waals surface area contributed by atoms with E-state index >= 15 is 0 Å². The minimum atomic E-state index is -0.208. The zero-order valence-electron chi connectivity index (χ0n) is 31.8. The van der Waals surface area contributed by atoms with Gasteiger partial charge in [-0.1, -0.05) is 47.1 Å². The van der Waals surface area contributed by atoms with Gasteiger partial charge in [-0.25, -0.2) is 0 Å². The number of nitrogens with zero attached hydrogens (tertiary/aromatic N) is 6. The molecule has 0 spiro atoms. The third-order valence-corrected chi connectivity index (χ3v) is 9.88. The number of rotatable bonds is 18. The zero-order valence-corrected chi connectivity index (χ0v) is 32.5. The number of methoxy groups -OCH3 is 1. The maximum atomic E-state index is 9.81. The van der Waals surface area contributed by atoms with E-state index in [0.29, 0.717) is 53.5 Å². The highest BCUT2D eigenvalue weighted by molar-refractivity contribution is 6.32. The Hall–Kier alpha value is -5.03. The van der Waals surface area contributed by atoms with Gasteiger partial charge in [-0.2, -0.15) is 10.2 Å². The lowest BCUT2D eigenvalue weighted by Crippen LogP contribution is -2.24. The van der Waals surface area contributed by atoms with Crippen LogP contribution in [0.5, 0.6) is 17.2 Å². The molecule has 3 aromatic carbocycles. The average molecular weight is 767 g/mol. The monoisotopic (exact) mass is 766 g/mol. The van der Waals surface area contributed by atoms with Crippen LogP contribution in [-0.2, 0) is 37.6 Å². The minimum absolute atomic E-state index is 0.191. The second kappa shape index (κ2) is 19.0. The summed E-state index contributed by atoms with van der Waals surface area (Å²) in [5.41, 5.74) is 7.44. The predicted octanol–water partition coefficient (Wildman–Crippen LogP) is 7.05. The first-order valence-corrected chi connectivity index (χ1v) is 18.7. The Kier molecular flexibility index (Phi) is 13.7. The van der Waals surface area contributed by atoms with Crippen LogP contribution in [0.4, 0.5) is 0 Å². The lowest BCUT2D eigenvalue weighted by Gasteiger charge is -2.20. The summed E-state index contributed by atoms with van der Waals surface area (Å²) in [5.74, 6) is 2.87. The van der Waals surface area contributed by atoms with Crippen LogP contribution >= 0.6 is 11.6 Å². The lowest BCUT2D eigenvalue weighted by atomic mass is 9.93. The van der Waals surface area contributed by atoms with Crippen molar-refractivity contribution in [1.29, 1.82) is 5.26 Å². The number of β-amino-alcohol motifs (C(OH)–C–C–N with tert-alkyl or cyclic N) is 1. The van der Waals surface area contributed by atoms with E-state index in [0.717, 1.165) is 77.2 Å². The molecule has 0 bridgehead atoms. The van der Waals surface area contributed by atoms with Crippen molar-refractivity contribution in [2.45, 2.75) is 65.7 Å². The molecule has 3 heterocycles. The van der Waals surface area contributed by atoms with Gasteiger partial charge in [0.2, 0.25) is 5.89 Å². The molecule has 1 fully saturated rings. The van der Waals surface area contributed by atoms with Crippen molar-refractivity contribution >= 4 is 11.6 Å². The van der Waals surface area contributed by atoms with E-state index in [1.165, 1.54) is 6.20 Å².